The van der Waals surface area contributed by atoms with E-state index < -0.39 is 0 Å². The summed E-state index contributed by atoms with van der Waals surface area (Å²) in [7, 11) is 0. The van der Waals surface area contributed by atoms with Gasteiger partial charge in [0.05, 0.1) is 22.4 Å². The number of benzene rings is 4. The lowest BCUT2D eigenvalue weighted by atomic mass is 10.0. The third kappa shape index (κ3) is 4.94. The molecule has 218 valence electrons. The van der Waals surface area contributed by atoms with Crippen molar-refractivity contribution in [1.29, 1.82) is 0 Å². The second-order valence-corrected chi connectivity index (χ2v) is 11.4. The molecule has 0 saturated heterocycles. The van der Waals surface area contributed by atoms with Gasteiger partial charge in [0.2, 0.25) is 0 Å². The van der Waals surface area contributed by atoms with Crippen LogP contribution in [0.1, 0.15) is 42.8 Å². The average Bonchev–Trinajstić information content (AvgIpc) is 3.54. The van der Waals surface area contributed by atoms with Crippen molar-refractivity contribution in [2.45, 2.75) is 47.0 Å². The van der Waals surface area contributed by atoms with Crippen LogP contribution in [0.4, 0.5) is 0 Å². The molecule has 7 rings (SSSR count). The van der Waals surface area contributed by atoms with E-state index in [1.165, 1.54) is 27.5 Å². The minimum absolute atomic E-state index is 0.759. The van der Waals surface area contributed by atoms with Crippen LogP contribution in [0.25, 0.3) is 44.4 Å². The van der Waals surface area contributed by atoms with E-state index in [1.54, 1.807) is 0 Å². The van der Waals surface area contributed by atoms with Crippen molar-refractivity contribution in [3.05, 3.63) is 132 Å². The van der Waals surface area contributed by atoms with Crippen LogP contribution in [0.5, 0.6) is 11.5 Å². The minimum atomic E-state index is 0.759. The number of hydrogen-bond donors (Lipinski definition) is 0. The first-order valence-corrected chi connectivity index (χ1v) is 15.5. The van der Waals surface area contributed by atoms with E-state index in [-0.39, 0.29) is 0 Å². The quantitative estimate of drug-likeness (QED) is 0.181. The number of rotatable bonds is 8. The van der Waals surface area contributed by atoms with E-state index in [2.05, 4.69) is 117 Å². The van der Waals surface area contributed by atoms with Crippen molar-refractivity contribution in [1.82, 2.24) is 19.3 Å². The van der Waals surface area contributed by atoms with Gasteiger partial charge in [0, 0.05) is 40.4 Å². The van der Waals surface area contributed by atoms with Gasteiger partial charge < -0.3 is 4.74 Å². The molecule has 0 aliphatic carbocycles. The highest BCUT2D eigenvalue weighted by Crippen LogP contribution is 2.36. The summed E-state index contributed by atoms with van der Waals surface area (Å²) in [6.45, 7) is 8.59. The lowest BCUT2D eigenvalue weighted by Gasteiger charge is -2.11. The number of aryl methyl sites for hydroxylation is 3. The normalized spacial score (nSPS) is 11.5. The Kier molecular flexibility index (Phi) is 7.23. The van der Waals surface area contributed by atoms with Crippen LogP contribution < -0.4 is 4.74 Å². The zero-order valence-electron chi connectivity index (χ0n) is 25.7. The van der Waals surface area contributed by atoms with Crippen LogP contribution in [-0.4, -0.2) is 19.3 Å². The molecule has 0 atom stereocenters. The molecule has 7 aromatic rings. The Morgan fingerprint density at radius 2 is 1.55 bits per heavy atom. The van der Waals surface area contributed by atoms with E-state index in [0.29, 0.717) is 0 Å². The monoisotopic (exact) mass is 576 g/mol. The second kappa shape index (κ2) is 11.5. The van der Waals surface area contributed by atoms with E-state index in [0.717, 1.165) is 70.3 Å². The number of nitrogens with zero attached hydrogens (tertiary/aromatic N) is 4. The van der Waals surface area contributed by atoms with Gasteiger partial charge >= 0.3 is 0 Å². The van der Waals surface area contributed by atoms with E-state index in [9.17, 15) is 0 Å². The fourth-order valence-corrected chi connectivity index (χ4v) is 6.34. The molecule has 0 radical (unpaired) electrons. The van der Waals surface area contributed by atoms with Crippen LogP contribution in [0, 0.1) is 13.8 Å². The Labute approximate surface area is 258 Å². The molecule has 0 aliphatic heterocycles. The summed E-state index contributed by atoms with van der Waals surface area (Å²) in [5, 5.41) is 7.33. The number of aromatic nitrogens is 4. The molecular weight excluding hydrogens is 540 g/mol. The maximum Gasteiger partial charge on any atom is 0.137 e. The lowest BCUT2D eigenvalue weighted by Crippen LogP contribution is -2.00. The van der Waals surface area contributed by atoms with Gasteiger partial charge in [-0.05, 0) is 91.9 Å². The Morgan fingerprint density at radius 3 is 2.36 bits per heavy atom. The standard InChI is InChI=1S/C39H36N4O/c1-5-11-29-16-19-36-35(22-29)34-18-17-33(25-37(34)42(36)38-23-28(6-2)20-21-40-38)44-32-15-10-14-31(24-32)43-27(4)39(26(3)41-43)30-12-8-7-9-13-30/h7-10,12-25H,5-6,11H2,1-4H3. The summed E-state index contributed by atoms with van der Waals surface area (Å²) >= 11 is 0. The molecule has 0 saturated carbocycles. The molecule has 0 aliphatic rings. The van der Waals surface area contributed by atoms with Gasteiger partial charge in [0.15, 0.2) is 0 Å². The van der Waals surface area contributed by atoms with E-state index in [4.69, 9.17) is 14.8 Å². The summed E-state index contributed by atoms with van der Waals surface area (Å²) in [5.74, 6) is 2.46. The van der Waals surface area contributed by atoms with Crippen molar-refractivity contribution in [3.8, 4) is 34.1 Å². The number of fused-ring (bicyclic) bond motifs is 3. The smallest absolute Gasteiger partial charge is 0.137 e. The predicted octanol–water partition coefficient (Wildman–Crippen LogP) is 9.96. The van der Waals surface area contributed by atoms with Crippen molar-refractivity contribution in [3.63, 3.8) is 0 Å². The van der Waals surface area contributed by atoms with Crippen LogP contribution in [0.15, 0.2) is 109 Å². The first-order chi connectivity index (χ1) is 21.5. The van der Waals surface area contributed by atoms with Crippen molar-refractivity contribution >= 4 is 21.8 Å². The number of ether oxygens (including phenoxy) is 1. The zero-order chi connectivity index (χ0) is 30.2. The first kappa shape index (κ1) is 27.7. The van der Waals surface area contributed by atoms with E-state index >= 15 is 0 Å². The molecule has 0 spiro atoms. The summed E-state index contributed by atoms with van der Waals surface area (Å²) in [5.41, 5.74) is 10.2. The SMILES string of the molecule is CCCc1ccc2c(c1)c1ccc(Oc3cccc(-n4nc(C)c(-c5ccccc5)c4C)c3)cc1n2-c1cc(CC)ccn1. The highest BCUT2D eigenvalue weighted by Gasteiger charge is 2.17. The van der Waals surface area contributed by atoms with E-state index in [1.807, 2.05) is 29.1 Å². The topological polar surface area (TPSA) is 44.9 Å². The Balaban J connectivity index is 1.30. The van der Waals surface area contributed by atoms with Gasteiger partial charge in [-0.25, -0.2) is 9.67 Å². The highest BCUT2D eigenvalue weighted by atomic mass is 16.5. The van der Waals surface area contributed by atoms with Crippen molar-refractivity contribution in [2.75, 3.05) is 0 Å². The van der Waals surface area contributed by atoms with Crippen molar-refractivity contribution in [2.24, 2.45) is 0 Å². The molecule has 0 amide bonds. The van der Waals surface area contributed by atoms with Gasteiger partial charge in [-0.3, -0.25) is 4.57 Å². The molecule has 44 heavy (non-hydrogen) atoms. The molecule has 3 aromatic heterocycles. The van der Waals surface area contributed by atoms with Crippen LogP contribution in [-0.2, 0) is 12.8 Å². The molecule has 5 heteroatoms. The fraction of sp³-hybridized carbons (Fsp3) is 0.179. The highest BCUT2D eigenvalue weighted by molar-refractivity contribution is 6.09. The number of pyridine rings is 1. The summed E-state index contributed by atoms with van der Waals surface area (Å²) in [6, 6.07) is 36.1. The second-order valence-electron chi connectivity index (χ2n) is 11.4. The first-order valence-electron chi connectivity index (χ1n) is 15.5. The molecule has 4 aromatic carbocycles. The summed E-state index contributed by atoms with van der Waals surface area (Å²) in [4.78, 5) is 4.80. The maximum atomic E-state index is 6.53. The van der Waals surface area contributed by atoms with Crippen molar-refractivity contribution < 1.29 is 4.74 Å². The van der Waals surface area contributed by atoms with Crippen LogP contribution in [0.3, 0.4) is 0 Å². The molecule has 0 bridgehead atoms. The molecular formula is C39H36N4O. The van der Waals surface area contributed by atoms with Crippen LogP contribution in [0.2, 0.25) is 0 Å². The molecule has 0 fully saturated rings. The Hall–Kier alpha value is -5.16. The fourth-order valence-electron chi connectivity index (χ4n) is 6.34. The maximum absolute atomic E-state index is 6.53. The number of hydrogen-bond acceptors (Lipinski definition) is 3. The van der Waals surface area contributed by atoms with Gasteiger partial charge in [0.1, 0.15) is 17.3 Å². The van der Waals surface area contributed by atoms with Crippen LogP contribution >= 0.6 is 0 Å². The third-order valence-electron chi connectivity index (χ3n) is 8.44. The van der Waals surface area contributed by atoms with Gasteiger partial charge in [-0.15, -0.1) is 0 Å². The Morgan fingerprint density at radius 1 is 0.705 bits per heavy atom. The largest absolute Gasteiger partial charge is 0.457 e. The third-order valence-corrected chi connectivity index (χ3v) is 8.44. The molecule has 0 N–H and O–H groups in total. The zero-order valence-corrected chi connectivity index (χ0v) is 25.7. The minimum Gasteiger partial charge on any atom is -0.457 e. The van der Waals surface area contributed by atoms with Gasteiger partial charge in [-0.2, -0.15) is 5.10 Å². The summed E-state index contributed by atoms with van der Waals surface area (Å²) < 4.78 is 10.8. The summed E-state index contributed by atoms with van der Waals surface area (Å²) in [6.07, 6.45) is 5.05. The Bertz CT molecular complexity index is 2120. The average molecular weight is 577 g/mol. The molecule has 0 unspecified atom stereocenters. The van der Waals surface area contributed by atoms with Gasteiger partial charge in [-0.1, -0.05) is 62.7 Å². The molecule has 3 heterocycles. The molecule has 5 nitrogen and oxygen atoms in total. The van der Waals surface area contributed by atoms with Gasteiger partial charge in [0.25, 0.3) is 0 Å². The predicted molar refractivity (Wildman–Crippen MR) is 180 cm³/mol. The lowest BCUT2D eigenvalue weighted by molar-refractivity contribution is 0.483.